The van der Waals surface area contributed by atoms with E-state index in [1.807, 2.05) is 13.0 Å². The van der Waals surface area contributed by atoms with Gasteiger partial charge in [-0.1, -0.05) is 23.2 Å². The van der Waals surface area contributed by atoms with Crippen LogP contribution < -0.4 is 0 Å². The molecular weight excluding hydrogens is 259 g/mol. The molecule has 0 aliphatic heterocycles. The van der Waals surface area contributed by atoms with Gasteiger partial charge in [-0.05, 0) is 25.1 Å². The van der Waals surface area contributed by atoms with Crippen molar-refractivity contribution in [3.8, 4) is 6.07 Å². The van der Waals surface area contributed by atoms with Gasteiger partial charge in [-0.15, -0.1) is 0 Å². The smallest absolute Gasteiger partial charge is 0.255 e. The Hall–Kier alpha value is -1.24. The van der Waals surface area contributed by atoms with Crippen LogP contribution in [-0.4, -0.2) is 23.9 Å². The molecule has 0 radical (unpaired) electrons. The van der Waals surface area contributed by atoms with Crippen molar-refractivity contribution in [2.45, 2.75) is 19.4 Å². The van der Waals surface area contributed by atoms with Gasteiger partial charge in [0.1, 0.15) is 0 Å². The van der Waals surface area contributed by atoms with Gasteiger partial charge >= 0.3 is 0 Å². The lowest BCUT2D eigenvalue weighted by molar-refractivity contribution is 0.0746. The second-order valence-electron chi connectivity index (χ2n) is 3.75. The number of carbonyl (C=O) groups is 1. The van der Waals surface area contributed by atoms with Crippen LogP contribution in [0.4, 0.5) is 0 Å². The third-order valence-corrected chi connectivity index (χ3v) is 3.08. The SMILES string of the molecule is CC(CC#N)N(C)C(=O)c1ccc(Cl)cc1Cl. The summed E-state index contributed by atoms with van der Waals surface area (Å²) >= 11 is 11.7. The van der Waals surface area contributed by atoms with Gasteiger partial charge in [-0.2, -0.15) is 5.26 Å². The summed E-state index contributed by atoms with van der Waals surface area (Å²) in [6.45, 7) is 1.81. The predicted octanol–water partition coefficient (Wildman–Crippen LogP) is 3.37. The van der Waals surface area contributed by atoms with Crippen LogP contribution in [0.25, 0.3) is 0 Å². The normalized spacial score (nSPS) is 11.7. The first-order valence-electron chi connectivity index (χ1n) is 5.06. The molecule has 17 heavy (non-hydrogen) atoms. The summed E-state index contributed by atoms with van der Waals surface area (Å²) in [5.41, 5.74) is 0.392. The van der Waals surface area contributed by atoms with Gasteiger partial charge in [-0.3, -0.25) is 4.79 Å². The lowest BCUT2D eigenvalue weighted by Gasteiger charge is -2.23. The second kappa shape index (κ2) is 5.90. The van der Waals surface area contributed by atoms with Crippen molar-refractivity contribution in [1.82, 2.24) is 4.90 Å². The summed E-state index contributed by atoms with van der Waals surface area (Å²) in [6, 6.07) is 6.60. The Morgan fingerprint density at radius 1 is 1.53 bits per heavy atom. The van der Waals surface area contributed by atoms with E-state index in [-0.39, 0.29) is 18.4 Å². The molecule has 0 N–H and O–H groups in total. The van der Waals surface area contributed by atoms with Crippen molar-refractivity contribution in [3.63, 3.8) is 0 Å². The fourth-order valence-electron chi connectivity index (χ4n) is 1.32. The highest BCUT2D eigenvalue weighted by molar-refractivity contribution is 6.36. The zero-order valence-corrected chi connectivity index (χ0v) is 11.1. The number of halogens is 2. The number of carbonyl (C=O) groups excluding carboxylic acids is 1. The van der Waals surface area contributed by atoms with Crippen molar-refractivity contribution in [2.75, 3.05) is 7.05 Å². The zero-order chi connectivity index (χ0) is 13.0. The monoisotopic (exact) mass is 270 g/mol. The molecule has 1 rings (SSSR count). The Labute approximate surface area is 111 Å². The third-order valence-electron chi connectivity index (χ3n) is 2.53. The average Bonchev–Trinajstić information content (AvgIpc) is 2.27. The summed E-state index contributed by atoms with van der Waals surface area (Å²) in [4.78, 5) is 13.6. The lowest BCUT2D eigenvalue weighted by Crippen LogP contribution is -2.34. The summed E-state index contributed by atoms with van der Waals surface area (Å²) < 4.78 is 0. The van der Waals surface area contributed by atoms with E-state index >= 15 is 0 Å². The molecule has 0 saturated carbocycles. The molecule has 0 bridgehead atoms. The maximum absolute atomic E-state index is 12.1. The molecule has 0 aliphatic carbocycles. The van der Waals surface area contributed by atoms with Crippen LogP contribution in [0.1, 0.15) is 23.7 Å². The van der Waals surface area contributed by atoms with Crippen molar-refractivity contribution < 1.29 is 4.79 Å². The van der Waals surface area contributed by atoms with Gasteiger partial charge in [0.25, 0.3) is 5.91 Å². The van der Waals surface area contributed by atoms with E-state index in [1.165, 1.54) is 11.0 Å². The van der Waals surface area contributed by atoms with E-state index in [4.69, 9.17) is 28.5 Å². The molecule has 1 aromatic carbocycles. The predicted molar refractivity (Wildman–Crippen MR) is 68.2 cm³/mol. The number of rotatable bonds is 3. The Bertz CT molecular complexity index is 468. The Morgan fingerprint density at radius 2 is 2.18 bits per heavy atom. The molecule has 0 aliphatic rings. The topological polar surface area (TPSA) is 44.1 Å². The Balaban J connectivity index is 2.93. The quantitative estimate of drug-likeness (QED) is 0.846. The summed E-state index contributed by atoms with van der Waals surface area (Å²) in [5.74, 6) is -0.214. The largest absolute Gasteiger partial charge is 0.338 e. The number of nitriles is 1. The number of amides is 1. The Morgan fingerprint density at radius 3 is 2.71 bits per heavy atom. The van der Waals surface area contributed by atoms with Gasteiger partial charge in [0.2, 0.25) is 0 Å². The van der Waals surface area contributed by atoms with Crippen LogP contribution in [0.2, 0.25) is 10.0 Å². The van der Waals surface area contributed by atoms with E-state index in [2.05, 4.69) is 0 Å². The molecule has 1 amide bonds. The number of nitrogens with zero attached hydrogens (tertiary/aromatic N) is 2. The van der Waals surface area contributed by atoms with E-state index in [0.717, 1.165) is 0 Å². The number of hydrogen-bond acceptors (Lipinski definition) is 2. The molecule has 0 fully saturated rings. The highest BCUT2D eigenvalue weighted by Crippen LogP contribution is 2.22. The zero-order valence-electron chi connectivity index (χ0n) is 9.58. The molecule has 3 nitrogen and oxygen atoms in total. The van der Waals surface area contributed by atoms with E-state index in [9.17, 15) is 4.79 Å². The van der Waals surface area contributed by atoms with E-state index < -0.39 is 0 Å². The summed E-state index contributed by atoms with van der Waals surface area (Å²) in [7, 11) is 1.65. The molecule has 5 heteroatoms. The summed E-state index contributed by atoms with van der Waals surface area (Å²) in [6.07, 6.45) is 0.285. The molecular formula is C12H12Cl2N2O. The van der Waals surface area contributed by atoms with Crippen LogP contribution in [0.15, 0.2) is 18.2 Å². The fourth-order valence-corrected chi connectivity index (χ4v) is 1.81. The first-order chi connectivity index (χ1) is 7.97. The number of hydrogen-bond donors (Lipinski definition) is 0. The molecule has 0 spiro atoms. The van der Waals surface area contributed by atoms with Crippen molar-refractivity contribution in [3.05, 3.63) is 33.8 Å². The molecule has 0 aromatic heterocycles. The fraction of sp³-hybridized carbons (Fsp3) is 0.333. The minimum absolute atomic E-state index is 0.153. The minimum atomic E-state index is -0.214. The van der Waals surface area contributed by atoms with Crippen molar-refractivity contribution in [2.24, 2.45) is 0 Å². The second-order valence-corrected chi connectivity index (χ2v) is 4.60. The van der Waals surface area contributed by atoms with Gasteiger partial charge in [-0.25, -0.2) is 0 Å². The van der Waals surface area contributed by atoms with Gasteiger partial charge in [0, 0.05) is 18.1 Å². The van der Waals surface area contributed by atoms with Crippen LogP contribution in [0.5, 0.6) is 0 Å². The highest BCUT2D eigenvalue weighted by atomic mass is 35.5. The highest BCUT2D eigenvalue weighted by Gasteiger charge is 2.19. The average molecular weight is 271 g/mol. The van der Waals surface area contributed by atoms with Crippen molar-refractivity contribution >= 4 is 29.1 Å². The van der Waals surface area contributed by atoms with Gasteiger partial charge < -0.3 is 4.90 Å². The molecule has 0 heterocycles. The molecule has 1 atom stereocenters. The van der Waals surface area contributed by atoms with Crippen LogP contribution in [0.3, 0.4) is 0 Å². The third kappa shape index (κ3) is 3.36. The maximum atomic E-state index is 12.1. The summed E-state index contributed by atoms with van der Waals surface area (Å²) in [5, 5.41) is 9.40. The van der Waals surface area contributed by atoms with Gasteiger partial charge in [0.05, 0.1) is 23.1 Å². The maximum Gasteiger partial charge on any atom is 0.255 e. The number of benzene rings is 1. The van der Waals surface area contributed by atoms with Crippen LogP contribution in [0, 0.1) is 11.3 Å². The molecule has 0 saturated heterocycles. The first kappa shape index (κ1) is 13.8. The lowest BCUT2D eigenvalue weighted by atomic mass is 10.1. The van der Waals surface area contributed by atoms with Crippen LogP contribution in [-0.2, 0) is 0 Å². The van der Waals surface area contributed by atoms with Crippen molar-refractivity contribution in [1.29, 1.82) is 5.26 Å². The first-order valence-corrected chi connectivity index (χ1v) is 5.82. The van der Waals surface area contributed by atoms with Gasteiger partial charge in [0.15, 0.2) is 0 Å². The molecule has 90 valence electrons. The Kier molecular flexibility index (Phi) is 4.80. The minimum Gasteiger partial charge on any atom is -0.338 e. The molecule has 1 aromatic rings. The molecule has 1 unspecified atom stereocenters. The van der Waals surface area contributed by atoms with Crippen LogP contribution >= 0.6 is 23.2 Å². The van der Waals surface area contributed by atoms with E-state index in [1.54, 1.807) is 19.2 Å². The standard InChI is InChI=1S/C12H12Cl2N2O/c1-8(5-6-15)16(2)12(17)10-4-3-9(13)7-11(10)14/h3-4,7-8H,5H2,1-2H3. The van der Waals surface area contributed by atoms with E-state index in [0.29, 0.717) is 15.6 Å².